The molecule has 0 bridgehead atoms. The van der Waals surface area contributed by atoms with Crippen LogP contribution in [0.1, 0.15) is 11.1 Å². The van der Waals surface area contributed by atoms with E-state index in [4.69, 9.17) is 4.74 Å². The molecule has 0 aliphatic carbocycles. The Balaban J connectivity index is 2.04. The maximum absolute atomic E-state index is 5.58. The van der Waals surface area contributed by atoms with E-state index in [1.807, 2.05) is 48.7 Å². The van der Waals surface area contributed by atoms with E-state index < -0.39 is 0 Å². The van der Waals surface area contributed by atoms with Crippen LogP contribution in [0.2, 0.25) is 0 Å². The summed E-state index contributed by atoms with van der Waals surface area (Å²) in [6.07, 6.45) is 3.59. The lowest BCUT2D eigenvalue weighted by atomic mass is 10.2. The van der Waals surface area contributed by atoms with Crippen molar-refractivity contribution in [3.05, 3.63) is 78.4 Å². The van der Waals surface area contributed by atoms with Crippen molar-refractivity contribution in [2.75, 3.05) is 6.61 Å². The van der Waals surface area contributed by atoms with Gasteiger partial charge in [0.25, 0.3) is 0 Å². The van der Waals surface area contributed by atoms with Gasteiger partial charge < -0.3 is 4.74 Å². The zero-order valence-corrected chi connectivity index (χ0v) is 10.8. The summed E-state index contributed by atoms with van der Waals surface area (Å²) in [5, 5.41) is 0. The molecule has 2 heteroatoms. The molecule has 2 aromatic rings. The Hall–Kier alpha value is -2.35. The Labute approximate surface area is 114 Å². The lowest BCUT2D eigenvalue weighted by molar-refractivity contribution is 0.362. The molecular weight excluding hydrogens is 234 g/mol. The van der Waals surface area contributed by atoms with Gasteiger partial charge in [0.05, 0.1) is 6.54 Å². The van der Waals surface area contributed by atoms with Crippen LogP contribution in [0.15, 0.2) is 72.2 Å². The molecule has 0 fully saturated rings. The molecule has 0 saturated heterocycles. The first-order valence-corrected chi connectivity index (χ1v) is 6.26. The van der Waals surface area contributed by atoms with Gasteiger partial charge in [-0.05, 0) is 17.7 Å². The Morgan fingerprint density at radius 3 is 2.53 bits per heavy atom. The molecule has 19 heavy (non-hydrogen) atoms. The molecule has 0 unspecified atom stereocenters. The molecule has 0 aliphatic rings. The van der Waals surface area contributed by atoms with Crippen LogP contribution in [0.25, 0.3) is 0 Å². The van der Waals surface area contributed by atoms with Crippen molar-refractivity contribution in [2.45, 2.75) is 6.54 Å². The number of para-hydroxylation sites is 1. The summed E-state index contributed by atoms with van der Waals surface area (Å²) in [6.45, 7) is 4.83. The molecule has 0 heterocycles. The number of nitrogens with zero attached hydrogens (tertiary/aromatic N) is 1. The molecular formula is C17H17NO. The average molecular weight is 251 g/mol. The minimum absolute atomic E-state index is 0.504. The molecule has 0 spiro atoms. The Morgan fingerprint density at radius 2 is 1.74 bits per heavy atom. The normalized spacial score (nSPS) is 10.5. The highest BCUT2D eigenvalue weighted by Crippen LogP contribution is 2.16. The Bertz CT molecular complexity index is 546. The number of ether oxygens (including phenoxy) is 1. The Kier molecular flexibility index (Phi) is 4.94. The van der Waals surface area contributed by atoms with Gasteiger partial charge in [0.15, 0.2) is 0 Å². The van der Waals surface area contributed by atoms with E-state index in [2.05, 4.69) is 23.7 Å². The molecule has 96 valence electrons. The maximum atomic E-state index is 5.58. The fourth-order valence-corrected chi connectivity index (χ4v) is 1.70. The summed E-state index contributed by atoms with van der Waals surface area (Å²) in [7, 11) is 0. The number of hydrogen-bond donors (Lipinski definition) is 0. The van der Waals surface area contributed by atoms with E-state index in [0.29, 0.717) is 13.2 Å². The van der Waals surface area contributed by atoms with E-state index in [1.165, 1.54) is 5.56 Å². The van der Waals surface area contributed by atoms with Crippen LogP contribution in [0.4, 0.5) is 0 Å². The van der Waals surface area contributed by atoms with Crippen LogP contribution < -0.4 is 4.74 Å². The summed E-state index contributed by atoms with van der Waals surface area (Å²) >= 11 is 0. The SMILES string of the molecule is C=CCOc1ccccc1C=NCc1ccccc1. The van der Waals surface area contributed by atoms with Crippen molar-refractivity contribution in [1.29, 1.82) is 0 Å². The standard InChI is InChI=1S/C17H17NO/c1-2-12-19-17-11-7-6-10-16(17)14-18-13-15-8-4-3-5-9-15/h2-11,14H,1,12-13H2. The van der Waals surface area contributed by atoms with Crippen LogP contribution >= 0.6 is 0 Å². The summed E-state index contributed by atoms with van der Waals surface area (Å²) in [6, 6.07) is 18.0. The van der Waals surface area contributed by atoms with Crippen LogP contribution in [0.5, 0.6) is 5.75 Å². The first kappa shape index (κ1) is 13.1. The topological polar surface area (TPSA) is 21.6 Å². The van der Waals surface area contributed by atoms with Gasteiger partial charge in [-0.3, -0.25) is 4.99 Å². The van der Waals surface area contributed by atoms with E-state index in [0.717, 1.165) is 11.3 Å². The highest BCUT2D eigenvalue weighted by molar-refractivity contribution is 5.83. The molecule has 0 atom stereocenters. The van der Waals surface area contributed by atoms with Crippen LogP contribution in [-0.4, -0.2) is 12.8 Å². The Morgan fingerprint density at radius 1 is 1.00 bits per heavy atom. The second kappa shape index (κ2) is 7.17. The molecule has 2 rings (SSSR count). The van der Waals surface area contributed by atoms with Gasteiger partial charge in [0, 0.05) is 11.8 Å². The van der Waals surface area contributed by atoms with Gasteiger partial charge >= 0.3 is 0 Å². The zero-order valence-electron chi connectivity index (χ0n) is 10.8. The van der Waals surface area contributed by atoms with Gasteiger partial charge in [-0.15, -0.1) is 0 Å². The fraction of sp³-hybridized carbons (Fsp3) is 0.118. The third kappa shape index (κ3) is 4.11. The lowest BCUT2D eigenvalue weighted by Crippen LogP contribution is -1.96. The molecule has 0 radical (unpaired) electrons. The van der Waals surface area contributed by atoms with Crippen molar-refractivity contribution in [3.63, 3.8) is 0 Å². The smallest absolute Gasteiger partial charge is 0.128 e. The number of rotatable bonds is 6. The van der Waals surface area contributed by atoms with Gasteiger partial charge in [0.1, 0.15) is 12.4 Å². The number of benzene rings is 2. The predicted molar refractivity (Wildman–Crippen MR) is 79.9 cm³/mol. The first-order chi connectivity index (χ1) is 9.40. The maximum Gasteiger partial charge on any atom is 0.128 e. The lowest BCUT2D eigenvalue weighted by Gasteiger charge is -2.06. The molecule has 0 amide bonds. The summed E-state index contributed by atoms with van der Waals surface area (Å²) < 4.78 is 5.58. The fourth-order valence-electron chi connectivity index (χ4n) is 1.70. The van der Waals surface area contributed by atoms with Crippen molar-refractivity contribution >= 4 is 6.21 Å². The molecule has 0 N–H and O–H groups in total. The van der Waals surface area contributed by atoms with Gasteiger partial charge in [-0.2, -0.15) is 0 Å². The molecule has 0 aliphatic heterocycles. The summed E-state index contributed by atoms with van der Waals surface area (Å²) in [5.41, 5.74) is 2.18. The van der Waals surface area contributed by atoms with E-state index in [1.54, 1.807) is 6.08 Å². The number of hydrogen-bond acceptors (Lipinski definition) is 2. The minimum Gasteiger partial charge on any atom is -0.489 e. The quantitative estimate of drug-likeness (QED) is 0.564. The van der Waals surface area contributed by atoms with Crippen molar-refractivity contribution in [1.82, 2.24) is 0 Å². The first-order valence-electron chi connectivity index (χ1n) is 6.26. The molecule has 0 aromatic heterocycles. The third-order valence-electron chi connectivity index (χ3n) is 2.62. The average Bonchev–Trinajstić information content (AvgIpc) is 2.47. The molecule has 2 nitrogen and oxygen atoms in total. The van der Waals surface area contributed by atoms with Crippen molar-refractivity contribution < 1.29 is 4.74 Å². The summed E-state index contributed by atoms with van der Waals surface area (Å²) in [5.74, 6) is 0.833. The van der Waals surface area contributed by atoms with E-state index >= 15 is 0 Å². The molecule has 0 saturated carbocycles. The van der Waals surface area contributed by atoms with Gasteiger partial charge in [-0.1, -0.05) is 55.1 Å². The van der Waals surface area contributed by atoms with Crippen molar-refractivity contribution in [3.8, 4) is 5.75 Å². The van der Waals surface area contributed by atoms with E-state index in [-0.39, 0.29) is 0 Å². The molecule has 2 aromatic carbocycles. The van der Waals surface area contributed by atoms with Crippen LogP contribution in [0.3, 0.4) is 0 Å². The largest absolute Gasteiger partial charge is 0.489 e. The second-order valence-electron chi connectivity index (χ2n) is 4.09. The van der Waals surface area contributed by atoms with Crippen LogP contribution in [0, 0.1) is 0 Å². The predicted octanol–water partition coefficient (Wildman–Crippen LogP) is 3.87. The van der Waals surface area contributed by atoms with E-state index in [9.17, 15) is 0 Å². The highest BCUT2D eigenvalue weighted by Gasteiger charge is 1.98. The van der Waals surface area contributed by atoms with Crippen LogP contribution in [-0.2, 0) is 6.54 Å². The van der Waals surface area contributed by atoms with Gasteiger partial charge in [-0.25, -0.2) is 0 Å². The van der Waals surface area contributed by atoms with Gasteiger partial charge in [0.2, 0.25) is 0 Å². The zero-order chi connectivity index (χ0) is 13.3. The number of aliphatic imine (C=N–C) groups is 1. The third-order valence-corrected chi connectivity index (χ3v) is 2.62. The highest BCUT2D eigenvalue weighted by atomic mass is 16.5. The monoisotopic (exact) mass is 251 g/mol. The van der Waals surface area contributed by atoms with Crippen molar-refractivity contribution in [2.24, 2.45) is 4.99 Å². The summed E-state index contributed by atoms with van der Waals surface area (Å²) in [4.78, 5) is 4.45. The second-order valence-corrected chi connectivity index (χ2v) is 4.09. The minimum atomic E-state index is 0.504.